The topological polar surface area (TPSA) is 38.3 Å². The third-order valence-corrected chi connectivity index (χ3v) is 1.32. The van der Waals surface area contributed by atoms with Crippen LogP contribution >= 0.6 is 0 Å². The van der Waals surface area contributed by atoms with Crippen molar-refractivity contribution >= 4 is 6.29 Å². The van der Waals surface area contributed by atoms with Crippen LogP contribution in [0.5, 0.6) is 0 Å². The van der Waals surface area contributed by atoms with E-state index >= 15 is 0 Å². The second-order valence-electron chi connectivity index (χ2n) is 2.60. The largest absolute Gasteiger partial charge is 0.302 e. The Kier molecular flexibility index (Phi) is 7.41. The molecule has 0 radical (unpaired) electrons. The summed E-state index contributed by atoms with van der Waals surface area (Å²) >= 11 is 0. The average Bonchev–Trinajstić information content (AvgIpc) is 2.04. The van der Waals surface area contributed by atoms with E-state index < -0.39 is 0 Å². The van der Waals surface area contributed by atoms with Crippen LogP contribution in [0, 0.1) is 0 Å². The number of hydroxylamine groups is 1. The van der Waals surface area contributed by atoms with E-state index in [-0.39, 0.29) is 6.04 Å². The number of unbranched alkanes of at least 4 members (excludes halogenated alkanes) is 2. The van der Waals surface area contributed by atoms with Crippen LogP contribution in [0.4, 0.5) is 0 Å². The molecule has 1 N–H and O–H groups in total. The molecular formula is C8H17NO2. The summed E-state index contributed by atoms with van der Waals surface area (Å²) in [4.78, 5) is 15.1. The molecule has 0 aliphatic heterocycles. The molecule has 0 spiro atoms. The van der Waals surface area contributed by atoms with Crippen LogP contribution in [-0.2, 0) is 9.63 Å². The molecular weight excluding hydrogens is 142 g/mol. The summed E-state index contributed by atoms with van der Waals surface area (Å²) in [7, 11) is 0. The number of hydrogen-bond acceptors (Lipinski definition) is 3. The highest BCUT2D eigenvalue weighted by atomic mass is 16.6. The molecule has 0 saturated carbocycles. The first-order chi connectivity index (χ1) is 5.31. The fourth-order valence-electron chi connectivity index (χ4n) is 0.642. The fourth-order valence-corrected chi connectivity index (χ4v) is 0.642. The van der Waals surface area contributed by atoms with E-state index in [0.29, 0.717) is 6.61 Å². The van der Waals surface area contributed by atoms with Crippen LogP contribution in [-0.4, -0.2) is 18.9 Å². The van der Waals surface area contributed by atoms with E-state index in [1.165, 1.54) is 12.8 Å². The summed E-state index contributed by atoms with van der Waals surface area (Å²) in [6.07, 6.45) is 4.23. The van der Waals surface area contributed by atoms with Crippen molar-refractivity contribution in [1.82, 2.24) is 5.48 Å². The van der Waals surface area contributed by atoms with Crippen molar-refractivity contribution < 1.29 is 9.63 Å². The fraction of sp³-hybridized carbons (Fsp3) is 0.875. The molecule has 0 fully saturated rings. The zero-order valence-electron chi connectivity index (χ0n) is 7.30. The molecule has 0 unspecified atom stereocenters. The molecule has 3 heteroatoms. The second-order valence-corrected chi connectivity index (χ2v) is 2.60. The molecule has 1 atom stereocenters. The standard InChI is InChI=1S/C8H17NO2/c1-3-4-5-6-11-9-8(2)7-10/h7-9H,3-6H2,1-2H3/t8-/m0/s1. The lowest BCUT2D eigenvalue weighted by atomic mass is 10.3. The van der Waals surface area contributed by atoms with Gasteiger partial charge in [-0.05, 0) is 13.3 Å². The Hall–Kier alpha value is -0.410. The van der Waals surface area contributed by atoms with Gasteiger partial charge in [-0.25, -0.2) is 0 Å². The molecule has 3 nitrogen and oxygen atoms in total. The number of rotatable bonds is 7. The smallest absolute Gasteiger partial charge is 0.138 e. The zero-order chi connectivity index (χ0) is 8.53. The van der Waals surface area contributed by atoms with Gasteiger partial charge in [0.1, 0.15) is 6.29 Å². The Balaban J connectivity index is 2.95. The Bertz CT molecular complexity index is 96.1. The van der Waals surface area contributed by atoms with Gasteiger partial charge in [0.05, 0.1) is 12.6 Å². The van der Waals surface area contributed by atoms with E-state index in [0.717, 1.165) is 12.7 Å². The number of carbonyl (C=O) groups excluding carboxylic acids is 1. The quantitative estimate of drug-likeness (QED) is 0.345. The molecule has 0 aromatic carbocycles. The van der Waals surface area contributed by atoms with Gasteiger partial charge in [-0.15, -0.1) is 0 Å². The zero-order valence-corrected chi connectivity index (χ0v) is 7.30. The predicted molar refractivity (Wildman–Crippen MR) is 44.1 cm³/mol. The molecule has 0 heterocycles. The molecule has 0 saturated heterocycles. The number of hydrogen-bond donors (Lipinski definition) is 1. The monoisotopic (exact) mass is 159 g/mol. The minimum absolute atomic E-state index is 0.198. The molecule has 66 valence electrons. The van der Waals surface area contributed by atoms with Gasteiger partial charge < -0.3 is 9.63 Å². The lowest BCUT2D eigenvalue weighted by molar-refractivity contribution is -0.113. The van der Waals surface area contributed by atoms with Gasteiger partial charge in [0.2, 0.25) is 0 Å². The summed E-state index contributed by atoms with van der Waals surface area (Å²) in [6, 6.07) is -0.198. The summed E-state index contributed by atoms with van der Waals surface area (Å²) in [5, 5.41) is 0. The van der Waals surface area contributed by atoms with Crippen molar-refractivity contribution in [3.05, 3.63) is 0 Å². The highest BCUT2D eigenvalue weighted by Crippen LogP contribution is 1.92. The molecule has 0 aliphatic rings. The van der Waals surface area contributed by atoms with Gasteiger partial charge in [0.25, 0.3) is 0 Å². The van der Waals surface area contributed by atoms with E-state index in [9.17, 15) is 4.79 Å². The molecule has 0 aliphatic carbocycles. The van der Waals surface area contributed by atoms with Crippen molar-refractivity contribution in [3.8, 4) is 0 Å². The van der Waals surface area contributed by atoms with E-state index in [4.69, 9.17) is 4.84 Å². The minimum atomic E-state index is -0.198. The van der Waals surface area contributed by atoms with Gasteiger partial charge >= 0.3 is 0 Å². The third kappa shape index (κ3) is 7.49. The maximum atomic E-state index is 10.1. The first kappa shape index (κ1) is 10.6. The van der Waals surface area contributed by atoms with Crippen LogP contribution in [0.1, 0.15) is 33.1 Å². The Morgan fingerprint density at radius 2 is 2.27 bits per heavy atom. The van der Waals surface area contributed by atoms with Gasteiger partial charge in [0.15, 0.2) is 0 Å². The lowest BCUT2D eigenvalue weighted by Crippen LogP contribution is -2.27. The van der Waals surface area contributed by atoms with Crippen LogP contribution in [0.3, 0.4) is 0 Å². The van der Waals surface area contributed by atoms with Crippen molar-refractivity contribution in [2.45, 2.75) is 39.2 Å². The van der Waals surface area contributed by atoms with Crippen molar-refractivity contribution in [3.63, 3.8) is 0 Å². The molecule has 0 amide bonds. The van der Waals surface area contributed by atoms with E-state index in [2.05, 4.69) is 12.4 Å². The summed E-state index contributed by atoms with van der Waals surface area (Å²) < 4.78 is 0. The Labute approximate surface area is 68.1 Å². The predicted octanol–water partition coefficient (Wildman–Crippen LogP) is 1.29. The second kappa shape index (κ2) is 7.69. The van der Waals surface area contributed by atoms with Gasteiger partial charge in [0, 0.05) is 0 Å². The molecule has 0 bridgehead atoms. The SMILES string of the molecule is CCCCCON[C@@H](C)C=O. The van der Waals surface area contributed by atoms with Crippen LogP contribution in [0.15, 0.2) is 0 Å². The van der Waals surface area contributed by atoms with E-state index in [1.54, 1.807) is 6.92 Å². The lowest BCUT2D eigenvalue weighted by Gasteiger charge is -2.06. The first-order valence-corrected chi connectivity index (χ1v) is 4.13. The first-order valence-electron chi connectivity index (χ1n) is 4.13. The normalized spacial score (nSPS) is 12.9. The van der Waals surface area contributed by atoms with Crippen molar-refractivity contribution in [2.24, 2.45) is 0 Å². The number of nitrogens with one attached hydrogen (secondary N) is 1. The van der Waals surface area contributed by atoms with Gasteiger partial charge in [-0.1, -0.05) is 19.8 Å². The molecule has 0 aromatic heterocycles. The minimum Gasteiger partial charge on any atom is -0.302 e. The summed E-state index contributed by atoms with van der Waals surface area (Å²) in [5.41, 5.74) is 2.62. The highest BCUT2D eigenvalue weighted by Gasteiger charge is 1.95. The molecule has 0 rings (SSSR count). The van der Waals surface area contributed by atoms with Crippen molar-refractivity contribution in [1.29, 1.82) is 0 Å². The average molecular weight is 159 g/mol. The maximum absolute atomic E-state index is 10.1. The number of aldehydes is 1. The van der Waals surface area contributed by atoms with Crippen LogP contribution in [0.2, 0.25) is 0 Å². The summed E-state index contributed by atoms with van der Waals surface area (Å²) in [6.45, 7) is 4.58. The van der Waals surface area contributed by atoms with Crippen LogP contribution in [0.25, 0.3) is 0 Å². The highest BCUT2D eigenvalue weighted by molar-refractivity contribution is 5.56. The Morgan fingerprint density at radius 1 is 1.55 bits per heavy atom. The Morgan fingerprint density at radius 3 is 2.82 bits per heavy atom. The number of carbonyl (C=O) groups is 1. The summed E-state index contributed by atoms with van der Waals surface area (Å²) in [5.74, 6) is 0. The molecule has 11 heavy (non-hydrogen) atoms. The third-order valence-electron chi connectivity index (χ3n) is 1.32. The van der Waals surface area contributed by atoms with E-state index in [1.807, 2.05) is 0 Å². The molecule has 0 aromatic rings. The van der Waals surface area contributed by atoms with Gasteiger partial charge in [-0.2, -0.15) is 5.48 Å². The maximum Gasteiger partial charge on any atom is 0.138 e. The van der Waals surface area contributed by atoms with Gasteiger partial charge in [-0.3, -0.25) is 0 Å². The van der Waals surface area contributed by atoms with Crippen molar-refractivity contribution in [2.75, 3.05) is 6.61 Å². The van der Waals surface area contributed by atoms with Crippen LogP contribution < -0.4 is 5.48 Å².